The normalized spacial score (nSPS) is 10.6. The van der Waals surface area contributed by atoms with E-state index in [0.29, 0.717) is 12.5 Å². The van der Waals surface area contributed by atoms with Crippen LogP contribution in [0.2, 0.25) is 0 Å². The van der Waals surface area contributed by atoms with Crippen molar-refractivity contribution in [3.8, 4) is 0 Å². The minimum absolute atomic E-state index is 0.0988. The Morgan fingerprint density at radius 2 is 1.57 bits per heavy atom. The molecular weight excluding hydrogens is 388 g/mol. The van der Waals surface area contributed by atoms with Crippen LogP contribution in [0.25, 0.3) is 0 Å². The Balaban J connectivity index is 0. The molecule has 0 bridgehead atoms. The SMILES string of the molecule is COC(=O)CNC(=O)CNC(=O)CNC=O.CSCCC(C)NC(=O)C(C)C. The van der Waals surface area contributed by atoms with E-state index in [-0.39, 0.29) is 31.5 Å². The van der Waals surface area contributed by atoms with Gasteiger partial charge in [-0.3, -0.25) is 24.0 Å². The third-order valence-electron chi connectivity index (χ3n) is 3.12. The first-order valence-corrected chi connectivity index (χ1v) is 10.1. The maximum atomic E-state index is 11.2. The van der Waals surface area contributed by atoms with Gasteiger partial charge in [-0.05, 0) is 25.4 Å². The summed E-state index contributed by atoms with van der Waals surface area (Å²) in [7, 11) is 1.20. The van der Waals surface area contributed by atoms with Gasteiger partial charge in [-0.1, -0.05) is 13.8 Å². The van der Waals surface area contributed by atoms with E-state index in [1.807, 2.05) is 25.6 Å². The van der Waals surface area contributed by atoms with Crippen molar-refractivity contribution in [1.82, 2.24) is 21.3 Å². The molecular formula is C17H32N4O6S. The number of ether oxygens (including phenoxy) is 1. The summed E-state index contributed by atoms with van der Waals surface area (Å²) in [6.07, 6.45) is 3.51. The van der Waals surface area contributed by atoms with Crippen LogP contribution < -0.4 is 21.3 Å². The molecule has 0 rings (SSSR count). The van der Waals surface area contributed by atoms with Crippen LogP contribution in [0, 0.1) is 5.92 Å². The Bertz CT molecular complexity index is 502. The highest BCUT2D eigenvalue weighted by molar-refractivity contribution is 7.98. The monoisotopic (exact) mass is 420 g/mol. The smallest absolute Gasteiger partial charge is 0.325 e. The highest BCUT2D eigenvalue weighted by Crippen LogP contribution is 2.01. The summed E-state index contributed by atoms with van der Waals surface area (Å²) in [6.45, 7) is 5.16. The van der Waals surface area contributed by atoms with Crippen LogP contribution >= 0.6 is 11.8 Å². The molecule has 0 aliphatic rings. The summed E-state index contributed by atoms with van der Waals surface area (Å²) in [5, 5.41) is 9.56. The third kappa shape index (κ3) is 18.5. The standard InChI is InChI=1S/C9H19NOS.C8H13N3O5/c1-7(2)9(11)10-8(3)5-6-12-4;1-16-8(15)4-11-7(14)3-10-6(13)2-9-5-12/h7-8H,5-6H2,1-4H3,(H,10,11);5H,2-4H2,1H3,(H,9,12)(H,10,13)(H,11,14). The van der Waals surface area contributed by atoms with Gasteiger partial charge in [0.15, 0.2) is 0 Å². The number of methoxy groups -OCH3 is 1. The van der Waals surface area contributed by atoms with Crippen molar-refractivity contribution in [2.24, 2.45) is 5.92 Å². The van der Waals surface area contributed by atoms with Gasteiger partial charge in [0.1, 0.15) is 6.54 Å². The van der Waals surface area contributed by atoms with Gasteiger partial charge in [0.05, 0.1) is 20.2 Å². The zero-order chi connectivity index (χ0) is 21.9. The molecule has 4 amide bonds. The van der Waals surface area contributed by atoms with Gasteiger partial charge >= 0.3 is 5.97 Å². The molecule has 0 heterocycles. The van der Waals surface area contributed by atoms with Gasteiger partial charge in [-0.15, -0.1) is 0 Å². The van der Waals surface area contributed by atoms with E-state index in [1.54, 1.807) is 0 Å². The lowest BCUT2D eigenvalue weighted by molar-refractivity contribution is -0.141. The number of hydrogen-bond acceptors (Lipinski definition) is 7. The van der Waals surface area contributed by atoms with Gasteiger partial charge in [0.25, 0.3) is 0 Å². The zero-order valence-corrected chi connectivity index (χ0v) is 17.9. The number of carbonyl (C=O) groups is 5. The molecule has 11 heteroatoms. The summed E-state index contributed by atoms with van der Waals surface area (Å²) in [5.41, 5.74) is 0. The molecule has 0 aromatic carbocycles. The largest absolute Gasteiger partial charge is 0.468 e. The second-order valence-corrected chi connectivity index (χ2v) is 6.96. The second kappa shape index (κ2) is 18.1. The predicted octanol–water partition coefficient (Wildman–Crippen LogP) is -0.962. The number of esters is 1. The summed E-state index contributed by atoms with van der Waals surface area (Å²) in [6, 6.07) is 0.312. The Kier molecular flexibility index (Phi) is 18.0. The average molecular weight is 421 g/mol. The summed E-state index contributed by atoms with van der Waals surface area (Å²) in [5.74, 6) is -0.239. The molecule has 0 aliphatic carbocycles. The Labute approximate surface area is 170 Å². The number of amides is 4. The molecule has 0 fully saturated rings. The number of nitrogens with one attached hydrogen (secondary N) is 4. The van der Waals surface area contributed by atoms with Crippen LogP contribution in [0.1, 0.15) is 27.2 Å². The van der Waals surface area contributed by atoms with Gasteiger partial charge in [-0.25, -0.2) is 0 Å². The Hall–Kier alpha value is -2.30. The van der Waals surface area contributed by atoms with E-state index in [9.17, 15) is 24.0 Å². The molecule has 0 saturated carbocycles. The van der Waals surface area contributed by atoms with Gasteiger partial charge in [0, 0.05) is 12.0 Å². The first-order chi connectivity index (χ1) is 13.2. The lowest BCUT2D eigenvalue weighted by atomic mass is 10.2. The molecule has 0 aromatic rings. The Morgan fingerprint density at radius 1 is 1.00 bits per heavy atom. The van der Waals surface area contributed by atoms with Crippen LogP contribution in [0.4, 0.5) is 0 Å². The van der Waals surface area contributed by atoms with E-state index in [2.05, 4.69) is 39.2 Å². The van der Waals surface area contributed by atoms with E-state index in [0.717, 1.165) is 12.2 Å². The first-order valence-electron chi connectivity index (χ1n) is 8.74. The quantitative estimate of drug-likeness (QED) is 0.235. The van der Waals surface area contributed by atoms with Crippen molar-refractivity contribution in [2.45, 2.75) is 33.2 Å². The molecule has 4 N–H and O–H groups in total. The number of rotatable bonds is 12. The summed E-state index contributed by atoms with van der Waals surface area (Å²) < 4.78 is 4.29. The highest BCUT2D eigenvalue weighted by Gasteiger charge is 2.09. The highest BCUT2D eigenvalue weighted by atomic mass is 32.2. The van der Waals surface area contributed by atoms with Crippen LogP contribution in [0.3, 0.4) is 0 Å². The van der Waals surface area contributed by atoms with Crippen molar-refractivity contribution < 1.29 is 28.7 Å². The molecule has 10 nitrogen and oxygen atoms in total. The van der Waals surface area contributed by atoms with Crippen LogP contribution in [0.15, 0.2) is 0 Å². The van der Waals surface area contributed by atoms with E-state index < -0.39 is 17.8 Å². The summed E-state index contributed by atoms with van der Waals surface area (Å²) in [4.78, 5) is 53.6. The summed E-state index contributed by atoms with van der Waals surface area (Å²) >= 11 is 1.81. The van der Waals surface area contributed by atoms with Crippen molar-refractivity contribution in [1.29, 1.82) is 0 Å². The fraction of sp³-hybridized carbons (Fsp3) is 0.706. The molecule has 28 heavy (non-hydrogen) atoms. The van der Waals surface area contributed by atoms with Gasteiger partial charge in [0.2, 0.25) is 24.1 Å². The second-order valence-electron chi connectivity index (χ2n) is 5.97. The number of hydrogen-bond donors (Lipinski definition) is 4. The molecule has 0 aromatic heterocycles. The van der Waals surface area contributed by atoms with Crippen LogP contribution in [-0.4, -0.2) is 74.9 Å². The van der Waals surface area contributed by atoms with Crippen molar-refractivity contribution in [3.05, 3.63) is 0 Å². The Morgan fingerprint density at radius 3 is 2.07 bits per heavy atom. The van der Waals surface area contributed by atoms with E-state index >= 15 is 0 Å². The number of thioether (sulfide) groups is 1. The molecule has 1 atom stereocenters. The lowest BCUT2D eigenvalue weighted by Crippen LogP contribution is -2.41. The molecule has 0 aliphatic heterocycles. The molecule has 1 unspecified atom stereocenters. The fourth-order valence-corrected chi connectivity index (χ4v) is 2.05. The predicted molar refractivity (Wildman–Crippen MR) is 108 cm³/mol. The molecule has 0 spiro atoms. The molecule has 162 valence electrons. The molecule has 0 radical (unpaired) electrons. The fourth-order valence-electron chi connectivity index (χ4n) is 1.46. The van der Waals surface area contributed by atoms with Gasteiger partial charge in [-0.2, -0.15) is 11.8 Å². The first kappa shape index (κ1) is 27.9. The van der Waals surface area contributed by atoms with Gasteiger partial charge < -0.3 is 26.0 Å². The maximum absolute atomic E-state index is 11.2. The topological polar surface area (TPSA) is 143 Å². The minimum atomic E-state index is -0.581. The molecule has 0 saturated heterocycles. The van der Waals surface area contributed by atoms with Crippen molar-refractivity contribution in [3.63, 3.8) is 0 Å². The average Bonchev–Trinajstić information content (AvgIpc) is 2.67. The zero-order valence-electron chi connectivity index (χ0n) is 17.1. The van der Waals surface area contributed by atoms with Crippen molar-refractivity contribution >= 4 is 41.9 Å². The van der Waals surface area contributed by atoms with E-state index in [1.165, 1.54) is 7.11 Å². The van der Waals surface area contributed by atoms with Crippen molar-refractivity contribution in [2.75, 3.05) is 38.8 Å². The third-order valence-corrected chi connectivity index (χ3v) is 3.76. The number of carbonyl (C=O) groups excluding carboxylic acids is 5. The van der Waals surface area contributed by atoms with Crippen LogP contribution in [0.5, 0.6) is 0 Å². The van der Waals surface area contributed by atoms with E-state index in [4.69, 9.17) is 0 Å². The minimum Gasteiger partial charge on any atom is -0.468 e. The lowest BCUT2D eigenvalue weighted by Gasteiger charge is -2.14. The maximum Gasteiger partial charge on any atom is 0.325 e. The van der Waals surface area contributed by atoms with Crippen LogP contribution in [-0.2, 0) is 28.7 Å².